The van der Waals surface area contributed by atoms with Gasteiger partial charge in [0.1, 0.15) is 5.82 Å². The average molecular weight is 208 g/mol. The Balaban J connectivity index is 1.93. The minimum atomic E-state index is -0.347. The number of hydrogen-bond acceptors (Lipinski definition) is 2. The zero-order valence-electron chi connectivity index (χ0n) is 8.28. The molecule has 0 spiro atoms. The highest BCUT2D eigenvalue weighted by molar-refractivity contribution is 5.78. The highest BCUT2D eigenvalue weighted by atomic mass is 19.1. The van der Waals surface area contributed by atoms with E-state index in [0.717, 1.165) is 12.8 Å². The number of nitrogens with one attached hydrogen (secondary N) is 1. The van der Waals surface area contributed by atoms with Crippen LogP contribution >= 0.6 is 0 Å². The quantitative estimate of drug-likeness (QED) is 0.570. The van der Waals surface area contributed by atoms with Crippen molar-refractivity contribution in [2.24, 2.45) is 10.7 Å². The van der Waals surface area contributed by atoms with E-state index < -0.39 is 0 Å². The van der Waals surface area contributed by atoms with Crippen LogP contribution < -0.4 is 11.1 Å². The molecule has 0 bridgehead atoms. The number of nitrogens with zero attached hydrogens (tertiary/aromatic N) is 2. The largest absolute Gasteiger partial charge is 0.370 e. The molecule has 1 aliphatic carbocycles. The Bertz CT molecular complexity index is 373. The maximum Gasteiger partial charge on any atom is 0.189 e. The van der Waals surface area contributed by atoms with Crippen LogP contribution in [0.15, 0.2) is 23.3 Å². The first-order chi connectivity index (χ1) is 7.25. The molecule has 1 aromatic heterocycles. The van der Waals surface area contributed by atoms with Crippen molar-refractivity contribution in [2.75, 3.05) is 0 Å². The van der Waals surface area contributed by atoms with E-state index >= 15 is 0 Å². The summed E-state index contributed by atoms with van der Waals surface area (Å²) in [6.07, 6.45) is 3.81. The lowest BCUT2D eigenvalue weighted by molar-refractivity contribution is 0.599. The van der Waals surface area contributed by atoms with E-state index in [4.69, 9.17) is 5.73 Å². The second-order valence-corrected chi connectivity index (χ2v) is 3.55. The van der Waals surface area contributed by atoms with Crippen molar-refractivity contribution >= 4 is 5.96 Å². The predicted octanol–water partition coefficient (Wildman–Crippen LogP) is 0.787. The summed E-state index contributed by atoms with van der Waals surface area (Å²) in [7, 11) is 0. The third-order valence-corrected chi connectivity index (χ3v) is 2.16. The first-order valence-electron chi connectivity index (χ1n) is 4.91. The lowest BCUT2D eigenvalue weighted by Crippen LogP contribution is -2.33. The molecule has 0 radical (unpaired) electrons. The predicted molar refractivity (Wildman–Crippen MR) is 55.7 cm³/mol. The highest BCUT2D eigenvalue weighted by Crippen LogP contribution is 2.18. The van der Waals surface area contributed by atoms with Gasteiger partial charge in [-0.15, -0.1) is 0 Å². The van der Waals surface area contributed by atoms with Crippen molar-refractivity contribution < 1.29 is 4.39 Å². The number of rotatable bonds is 3. The minimum absolute atomic E-state index is 0.179. The van der Waals surface area contributed by atoms with Crippen molar-refractivity contribution in [1.29, 1.82) is 0 Å². The standard InChI is InChI=1S/C10H13FN4/c11-8-2-1-5-13-9(8)6-14-10(12)15-7-3-4-7/h1-2,5,7H,3-4,6H2,(H3,12,14,15). The van der Waals surface area contributed by atoms with Gasteiger partial charge >= 0.3 is 0 Å². The Morgan fingerprint density at radius 3 is 3.13 bits per heavy atom. The molecular weight excluding hydrogens is 195 g/mol. The minimum Gasteiger partial charge on any atom is -0.370 e. The van der Waals surface area contributed by atoms with Gasteiger partial charge in [0.2, 0.25) is 0 Å². The molecule has 2 rings (SSSR count). The van der Waals surface area contributed by atoms with Crippen LogP contribution in [0.2, 0.25) is 0 Å². The van der Waals surface area contributed by atoms with Crippen molar-refractivity contribution in [3.05, 3.63) is 29.8 Å². The van der Waals surface area contributed by atoms with Gasteiger partial charge in [-0.2, -0.15) is 0 Å². The molecule has 0 atom stereocenters. The van der Waals surface area contributed by atoms with E-state index in [1.807, 2.05) is 0 Å². The van der Waals surface area contributed by atoms with Crippen LogP contribution in [0, 0.1) is 5.82 Å². The second-order valence-electron chi connectivity index (χ2n) is 3.55. The topological polar surface area (TPSA) is 63.3 Å². The number of nitrogens with two attached hydrogens (primary N) is 1. The lowest BCUT2D eigenvalue weighted by atomic mass is 10.3. The molecule has 0 amide bonds. The summed E-state index contributed by atoms with van der Waals surface area (Å²) in [6.45, 7) is 0.179. The normalized spacial score (nSPS) is 16.5. The van der Waals surface area contributed by atoms with Gasteiger partial charge in [0.15, 0.2) is 5.96 Å². The molecule has 5 heteroatoms. The summed E-state index contributed by atoms with van der Waals surface area (Å²) in [5, 5.41) is 3.02. The fourth-order valence-corrected chi connectivity index (χ4v) is 1.18. The molecule has 1 aliphatic rings. The average Bonchev–Trinajstić information content (AvgIpc) is 3.00. The Kier molecular flexibility index (Phi) is 2.80. The molecule has 4 nitrogen and oxygen atoms in total. The molecule has 1 heterocycles. The SMILES string of the molecule is NC(=NCc1ncccc1F)NC1CC1. The molecule has 1 aromatic rings. The third-order valence-electron chi connectivity index (χ3n) is 2.16. The van der Waals surface area contributed by atoms with E-state index in [2.05, 4.69) is 15.3 Å². The van der Waals surface area contributed by atoms with Crippen molar-refractivity contribution in [1.82, 2.24) is 10.3 Å². The van der Waals surface area contributed by atoms with Crippen LogP contribution in [0.25, 0.3) is 0 Å². The first kappa shape index (κ1) is 9.89. The van der Waals surface area contributed by atoms with Gasteiger partial charge in [-0.3, -0.25) is 4.98 Å². The lowest BCUT2D eigenvalue weighted by Gasteiger charge is -2.02. The molecule has 3 N–H and O–H groups in total. The number of hydrogen-bond donors (Lipinski definition) is 2. The zero-order valence-corrected chi connectivity index (χ0v) is 8.28. The Morgan fingerprint density at radius 2 is 2.47 bits per heavy atom. The molecule has 0 aliphatic heterocycles. The number of aliphatic imine (C=N–C) groups is 1. The van der Waals surface area contributed by atoms with Gasteiger partial charge in [-0.25, -0.2) is 9.38 Å². The monoisotopic (exact) mass is 208 g/mol. The van der Waals surface area contributed by atoms with Crippen molar-refractivity contribution in [2.45, 2.75) is 25.4 Å². The van der Waals surface area contributed by atoms with Crippen LogP contribution in [-0.2, 0) is 6.54 Å². The fraction of sp³-hybridized carbons (Fsp3) is 0.400. The highest BCUT2D eigenvalue weighted by Gasteiger charge is 2.21. The Hall–Kier alpha value is -1.65. The number of aromatic nitrogens is 1. The van der Waals surface area contributed by atoms with Crippen LogP contribution in [0.1, 0.15) is 18.5 Å². The van der Waals surface area contributed by atoms with Crippen LogP contribution in [-0.4, -0.2) is 17.0 Å². The summed E-state index contributed by atoms with van der Waals surface area (Å²) < 4.78 is 13.1. The zero-order chi connectivity index (χ0) is 10.7. The van der Waals surface area contributed by atoms with E-state index in [0.29, 0.717) is 17.7 Å². The number of pyridine rings is 1. The smallest absolute Gasteiger partial charge is 0.189 e. The van der Waals surface area contributed by atoms with Crippen LogP contribution in [0.4, 0.5) is 4.39 Å². The third kappa shape index (κ3) is 2.90. The molecule has 80 valence electrons. The van der Waals surface area contributed by atoms with Gasteiger partial charge < -0.3 is 11.1 Å². The first-order valence-corrected chi connectivity index (χ1v) is 4.91. The van der Waals surface area contributed by atoms with Crippen LogP contribution in [0.3, 0.4) is 0 Å². The molecule has 0 unspecified atom stereocenters. The Labute approximate surface area is 87.4 Å². The maximum atomic E-state index is 13.1. The van der Waals surface area contributed by atoms with E-state index in [1.165, 1.54) is 6.07 Å². The van der Waals surface area contributed by atoms with Crippen molar-refractivity contribution in [3.8, 4) is 0 Å². The van der Waals surface area contributed by atoms with Gasteiger partial charge in [0.25, 0.3) is 0 Å². The Morgan fingerprint density at radius 1 is 1.67 bits per heavy atom. The maximum absolute atomic E-state index is 13.1. The van der Waals surface area contributed by atoms with E-state index in [9.17, 15) is 4.39 Å². The molecule has 0 saturated heterocycles. The van der Waals surface area contributed by atoms with E-state index in [-0.39, 0.29) is 12.4 Å². The molecule has 1 fully saturated rings. The van der Waals surface area contributed by atoms with Gasteiger partial charge in [0, 0.05) is 12.2 Å². The summed E-state index contributed by atoms with van der Waals surface area (Å²) in [5.74, 6) is 0.0167. The van der Waals surface area contributed by atoms with Crippen molar-refractivity contribution in [3.63, 3.8) is 0 Å². The molecule has 1 saturated carbocycles. The summed E-state index contributed by atoms with van der Waals surface area (Å²) >= 11 is 0. The van der Waals surface area contributed by atoms with Gasteiger partial charge in [-0.05, 0) is 25.0 Å². The molecule has 15 heavy (non-hydrogen) atoms. The number of guanidine groups is 1. The summed E-state index contributed by atoms with van der Waals surface area (Å²) in [6, 6.07) is 3.37. The molecule has 0 aromatic carbocycles. The molecular formula is C10H13FN4. The summed E-state index contributed by atoms with van der Waals surface area (Å²) in [4.78, 5) is 7.90. The summed E-state index contributed by atoms with van der Waals surface area (Å²) in [5.41, 5.74) is 5.92. The fourth-order valence-electron chi connectivity index (χ4n) is 1.18. The van der Waals surface area contributed by atoms with Crippen LogP contribution in [0.5, 0.6) is 0 Å². The van der Waals surface area contributed by atoms with Gasteiger partial charge in [-0.1, -0.05) is 0 Å². The second kappa shape index (κ2) is 4.25. The number of halogens is 1. The van der Waals surface area contributed by atoms with E-state index in [1.54, 1.807) is 12.3 Å². The van der Waals surface area contributed by atoms with Gasteiger partial charge in [0.05, 0.1) is 12.2 Å².